The Morgan fingerprint density at radius 1 is 1.17 bits per heavy atom. The lowest BCUT2D eigenvalue weighted by Crippen LogP contribution is -2.19. The number of esters is 1. The Kier molecular flexibility index (Phi) is 6.15. The molecule has 1 aromatic carbocycles. The van der Waals surface area contributed by atoms with Crippen molar-refractivity contribution in [3.05, 3.63) is 59.3 Å². The molecule has 0 saturated heterocycles. The van der Waals surface area contributed by atoms with Crippen molar-refractivity contribution >= 4 is 28.8 Å². The second-order valence-corrected chi connectivity index (χ2v) is 6.83. The topological polar surface area (TPSA) is 95.3 Å². The molecular weight excluding hydrogens is 384 g/mol. The van der Waals surface area contributed by atoms with Crippen molar-refractivity contribution in [2.75, 3.05) is 18.5 Å². The van der Waals surface area contributed by atoms with E-state index in [-0.39, 0.29) is 24.6 Å². The van der Waals surface area contributed by atoms with Crippen LogP contribution in [0.4, 0.5) is 10.6 Å². The average Bonchev–Trinajstić information content (AvgIpc) is 3.10. The van der Waals surface area contributed by atoms with Crippen LogP contribution in [0.5, 0.6) is 0 Å². The fourth-order valence-corrected chi connectivity index (χ4v) is 3.20. The third-order valence-electron chi connectivity index (χ3n) is 4.48. The van der Waals surface area contributed by atoms with Crippen LogP contribution in [-0.4, -0.2) is 40.0 Å². The smallest absolute Gasteiger partial charge is 0.413 e. The summed E-state index contributed by atoms with van der Waals surface area (Å²) in [5.74, 6) is -0.0212. The zero-order valence-corrected chi connectivity index (χ0v) is 17.5. The van der Waals surface area contributed by atoms with E-state index in [2.05, 4.69) is 29.1 Å². The molecule has 0 aliphatic rings. The number of carbonyl (C=O) groups excluding carboxylic acids is 2. The molecule has 0 aliphatic heterocycles. The highest BCUT2D eigenvalue weighted by Gasteiger charge is 2.23. The number of carbonyl (C=O) groups is 2. The van der Waals surface area contributed by atoms with Crippen molar-refractivity contribution in [2.24, 2.45) is 0 Å². The largest absolute Gasteiger partial charge is 0.462 e. The molecule has 3 rings (SSSR count). The van der Waals surface area contributed by atoms with Crippen LogP contribution in [0.15, 0.2) is 37.1 Å². The van der Waals surface area contributed by atoms with Crippen LogP contribution in [-0.2, 0) is 9.47 Å². The molecule has 0 atom stereocenters. The first kappa shape index (κ1) is 21.0. The van der Waals surface area contributed by atoms with Crippen molar-refractivity contribution in [1.82, 2.24) is 14.8 Å². The van der Waals surface area contributed by atoms with Gasteiger partial charge in [-0.15, -0.1) is 0 Å². The Hall–Kier alpha value is -3.68. The van der Waals surface area contributed by atoms with E-state index in [1.807, 2.05) is 26.8 Å². The van der Waals surface area contributed by atoms with Gasteiger partial charge in [-0.2, -0.15) is 9.78 Å². The highest BCUT2D eigenvalue weighted by Crippen LogP contribution is 2.27. The number of rotatable bonds is 6. The molecule has 8 heteroatoms. The third kappa shape index (κ3) is 4.17. The highest BCUT2D eigenvalue weighted by molar-refractivity contribution is 5.99. The summed E-state index contributed by atoms with van der Waals surface area (Å²) in [6, 6.07) is 5.98. The highest BCUT2D eigenvalue weighted by atomic mass is 16.5. The molecule has 0 bridgehead atoms. The molecule has 3 aromatic rings. The van der Waals surface area contributed by atoms with Crippen LogP contribution >= 0.6 is 0 Å². The Labute approximate surface area is 174 Å². The number of aromatic nitrogens is 3. The van der Waals surface area contributed by atoms with Gasteiger partial charge >= 0.3 is 12.1 Å². The first-order chi connectivity index (χ1) is 14.3. The maximum atomic E-state index is 12.4. The summed E-state index contributed by atoms with van der Waals surface area (Å²) in [6.07, 6.45) is 2.04. The summed E-state index contributed by atoms with van der Waals surface area (Å²) in [5, 5.41) is 7.89. The molecule has 0 fully saturated rings. The van der Waals surface area contributed by atoms with E-state index in [9.17, 15) is 9.59 Å². The number of anilines is 1. The SMILES string of the molecule is C=CCOC(=O)Nc1c(C(=O)OCC)cnn1-c1cc(C)c2cc(C)cc(C)c2n1. The molecule has 1 N–H and O–H groups in total. The number of hydrogen-bond acceptors (Lipinski definition) is 6. The number of ether oxygens (including phenoxy) is 2. The van der Waals surface area contributed by atoms with Crippen molar-refractivity contribution in [2.45, 2.75) is 27.7 Å². The lowest BCUT2D eigenvalue weighted by Gasteiger charge is -2.13. The van der Waals surface area contributed by atoms with Crippen LogP contribution in [0.1, 0.15) is 34.0 Å². The third-order valence-corrected chi connectivity index (χ3v) is 4.48. The van der Waals surface area contributed by atoms with Crippen LogP contribution in [0, 0.1) is 20.8 Å². The van der Waals surface area contributed by atoms with Crippen LogP contribution < -0.4 is 5.32 Å². The van der Waals surface area contributed by atoms with Crippen molar-refractivity contribution < 1.29 is 19.1 Å². The fraction of sp³-hybridized carbons (Fsp3) is 0.273. The average molecular weight is 408 g/mol. The molecule has 156 valence electrons. The molecule has 0 radical (unpaired) electrons. The van der Waals surface area contributed by atoms with Crippen molar-refractivity contribution in [1.29, 1.82) is 0 Å². The molecule has 30 heavy (non-hydrogen) atoms. The minimum absolute atomic E-state index is 0.0284. The number of aryl methyl sites for hydroxylation is 3. The number of amides is 1. The van der Waals surface area contributed by atoms with E-state index < -0.39 is 12.1 Å². The van der Waals surface area contributed by atoms with Gasteiger partial charge in [-0.25, -0.2) is 14.6 Å². The van der Waals surface area contributed by atoms with Crippen LogP contribution in [0.25, 0.3) is 16.7 Å². The maximum absolute atomic E-state index is 12.4. The number of nitrogens with one attached hydrogen (secondary N) is 1. The van der Waals surface area contributed by atoms with E-state index in [0.29, 0.717) is 5.82 Å². The predicted octanol–water partition coefficient (Wildman–Crippen LogP) is 4.26. The Balaban J connectivity index is 2.14. The zero-order valence-electron chi connectivity index (χ0n) is 17.5. The summed E-state index contributed by atoms with van der Waals surface area (Å²) < 4.78 is 11.5. The maximum Gasteiger partial charge on any atom is 0.413 e. The van der Waals surface area contributed by atoms with Gasteiger partial charge in [0.15, 0.2) is 11.6 Å². The molecule has 0 aliphatic carbocycles. The second-order valence-electron chi connectivity index (χ2n) is 6.83. The van der Waals surface area contributed by atoms with Gasteiger partial charge in [-0.1, -0.05) is 24.3 Å². The Morgan fingerprint density at radius 3 is 2.63 bits per heavy atom. The molecule has 0 spiro atoms. The Morgan fingerprint density at radius 2 is 1.93 bits per heavy atom. The molecule has 8 nitrogen and oxygen atoms in total. The monoisotopic (exact) mass is 408 g/mol. The molecule has 0 unspecified atom stereocenters. The van der Waals surface area contributed by atoms with Gasteiger partial charge in [0, 0.05) is 5.39 Å². The quantitative estimate of drug-likeness (QED) is 0.484. The lowest BCUT2D eigenvalue weighted by molar-refractivity contribution is 0.0527. The number of pyridine rings is 1. The summed E-state index contributed by atoms with van der Waals surface area (Å²) in [5.41, 5.74) is 4.09. The van der Waals surface area contributed by atoms with Crippen molar-refractivity contribution in [3.8, 4) is 5.82 Å². The predicted molar refractivity (Wildman–Crippen MR) is 114 cm³/mol. The zero-order chi connectivity index (χ0) is 21.8. The molecule has 2 heterocycles. The fourth-order valence-electron chi connectivity index (χ4n) is 3.20. The minimum Gasteiger partial charge on any atom is -0.462 e. The Bertz CT molecular complexity index is 1130. The lowest BCUT2D eigenvalue weighted by atomic mass is 10.0. The van der Waals surface area contributed by atoms with Crippen LogP contribution in [0.3, 0.4) is 0 Å². The van der Waals surface area contributed by atoms with Gasteiger partial charge in [0.2, 0.25) is 0 Å². The van der Waals surface area contributed by atoms with E-state index in [1.165, 1.54) is 17.0 Å². The molecule has 2 aromatic heterocycles. The van der Waals surface area contributed by atoms with Gasteiger partial charge in [0.25, 0.3) is 0 Å². The van der Waals surface area contributed by atoms with Crippen molar-refractivity contribution in [3.63, 3.8) is 0 Å². The number of fused-ring (bicyclic) bond motifs is 1. The van der Waals surface area contributed by atoms with E-state index >= 15 is 0 Å². The first-order valence-electron chi connectivity index (χ1n) is 9.54. The summed E-state index contributed by atoms with van der Waals surface area (Å²) in [6.45, 7) is 11.4. The minimum atomic E-state index is -0.744. The van der Waals surface area contributed by atoms with Gasteiger partial charge in [-0.3, -0.25) is 5.32 Å². The standard InChI is InChI=1S/C22H24N4O4/c1-6-8-30-22(28)25-20-17(21(27)29-7-2)12-23-26(20)18-11-14(4)16-10-13(3)9-15(5)19(16)24-18/h6,9-12H,1,7-8H2,2-5H3,(H,25,28). The summed E-state index contributed by atoms with van der Waals surface area (Å²) in [7, 11) is 0. The second kappa shape index (κ2) is 8.77. The van der Waals surface area contributed by atoms with Crippen LogP contribution in [0.2, 0.25) is 0 Å². The molecule has 1 amide bonds. The van der Waals surface area contributed by atoms with Gasteiger partial charge in [0.1, 0.15) is 12.2 Å². The van der Waals surface area contributed by atoms with Gasteiger partial charge < -0.3 is 9.47 Å². The van der Waals surface area contributed by atoms with Gasteiger partial charge in [0.05, 0.1) is 18.3 Å². The summed E-state index contributed by atoms with van der Waals surface area (Å²) in [4.78, 5) is 29.3. The summed E-state index contributed by atoms with van der Waals surface area (Å²) >= 11 is 0. The number of nitrogens with zero attached hydrogens (tertiary/aromatic N) is 3. The van der Waals surface area contributed by atoms with E-state index in [0.717, 1.165) is 27.6 Å². The number of hydrogen-bond donors (Lipinski definition) is 1. The molecule has 0 saturated carbocycles. The number of benzene rings is 1. The van der Waals surface area contributed by atoms with E-state index in [4.69, 9.17) is 14.5 Å². The van der Waals surface area contributed by atoms with E-state index in [1.54, 1.807) is 6.92 Å². The molecular formula is C22H24N4O4. The van der Waals surface area contributed by atoms with Gasteiger partial charge in [-0.05, 0) is 51.0 Å². The first-order valence-corrected chi connectivity index (χ1v) is 9.54. The normalized spacial score (nSPS) is 10.7.